The van der Waals surface area contributed by atoms with Gasteiger partial charge in [0.2, 0.25) is 0 Å². The van der Waals surface area contributed by atoms with Crippen LogP contribution in [0.15, 0.2) is 18.2 Å². The van der Waals surface area contributed by atoms with Gasteiger partial charge in [-0.25, -0.2) is 4.39 Å². The van der Waals surface area contributed by atoms with Crippen LogP contribution in [0.25, 0.3) is 0 Å². The Morgan fingerprint density at radius 1 is 1.11 bits per heavy atom. The zero-order chi connectivity index (χ0) is 14.1. The SMILES string of the molecule is CCCCCCCOCc1cc(F)cc(B(O)O)c1. The van der Waals surface area contributed by atoms with Crippen molar-refractivity contribution < 1.29 is 19.2 Å². The Balaban J connectivity index is 2.29. The van der Waals surface area contributed by atoms with Crippen LogP contribution in [0, 0.1) is 5.82 Å². The predicted octanol–water partition coefficient (Wildman–Crippen LogP) is 1.99. The molecule has 1 rings (SSSR count). The molecule has 0 spiro atoms. The molecule has 19 heavy (non-hydrogen) atoms. The van der Waals surface area contributed by atoms with E-state index in [0.717, 1.165) is 18.9 Å². The third-order valence-electron chi connectivity index (χ3n) is 2.94. The van der Waals surface area contributed by atoms with Gasteiger partial charge in [-0.15, -0.1) is 0 Å². The lowest BCUT2D eigenvalue weighted by Gasteiger charge is -2.07. The summed E-state index contributed by atoms with van der Waals surface area (Å²) in [4.78, 5) is 0. The summed E-state index contributed by atoms with van der Waals surface area (Å²) >= 11 is 0. The normalized spacial score (nSPS) is 10.7. The van der Waals surface area contributed by atoms with Crippen LogP contribution < -0.4 is 5.46 Å². The molecular formula is C14H22BFO3. The maximum Gasteiger partial charge on any atom is 0.488 e. The second-order valence-corrected chi connectivity index (χ2v) is 4.73. The van der Waals surface area contributed by atoms with Crippen molar-refractivity contribution in [2.45, 2.75) is 45.6 Å². The van der Waals surface area contributed by atoms with Crippen molar-refractivity contribution in [2.24, 2.45) is 0 Å². The van der Waals surface area contributed by atoms with Crippen molar-refractivity contribution in [3.05, 3.63) is 29.6 Å². The molecule has 0 radical (unpaired) electrons. The van der Waals surface area contributed by atoms with E-state index in [0.29, 0.717) is 18.8 Å². The highest BCUT2D eigenvalue weighted by Gasteiger charge is 2.13. The monoisotopic (exact) mass is 268 g/mol. The molecule has 0 amide bonds. The predicted molar refractivity (Wildman–Crippen MR) is 74.6 cm³/mol. The fourth-order valence-corrected chi connectivity index (χ4v) is 1.91. The molecule has 106 valence electrons. The van der Waals surface area contributed by atoms with Crippen molar-refractivity contribution >= 4 is 12.6 Å². The quantitative estimate of drug-likeness (QED) is 0.532. The van der Waals surface area contributed by atoms with Crippen molar-refractivity contribution in [1.29, 1.82) is 0 Å². The summed E-state index contributed by atoms with van der Waals surface area (Å²) in [6.45, 7) is 3.12. The molecule has 0 atom stereocenters. The molecule has 0 fully saturated rings. The second-order valence-electron chi connectivity index (χ2n) is 4.73. The molecule has 0 aliphatic carbocycles. The Morgan fingerprint density at radius 3 is 2.53 bits per heavy atom. The standard InChI is InChI=1S/C14H22BFO3/c1-2-3-4-5-6-7-19-11-12-8-13(15(17)18)10-14(16)9-12/h8-10,17-18H,2-7,11H2,1H3. The summed E-state index contributed by atoms with van der Waals surface area (Å²) in [6.07, 6.45) is 5.85. The van der Waals surface area contributed by atoms with E-state index in [4.69, 9.17) is 14.8 Å². The summed E-state index contributed by atoms with van der Waals surface area (Å²) < 4.78 is 18.7. The van der Waals surface area contributed by atoms with Crippen LogP contribution in [0.3, 0.4) is 0 Å². The van der Waals surface area contributed by atoms with Gasteiger partial charge in [0.05, 0.1) is 6.61 Å². The Morgan fingerprint density at radius 2 is 1.84 bits per heavy atom. The van der Waals surface area contributed by atoms with Gasteiger partial charge in [0.25, 0.3) is 0 Å². The smallest absolute Gasteiger partial charge is 0.423 e. The summed E-state index contributed by atoms with van der Waals surface area (Å²) in [5.41, 5.74) is 0.776. The highest BCUT2D eigenvalue weighted by atomic mass is 19.1. The van der Waals surface area contributed by atoms with Gasteiger partial charge < -0.3 is 14.8 Å². The summed E-state index contributed by atoms with van der Waals surface area (Å²) in [7, 11) is -1.65. The minimum atomic E-state index is -1.65. The Kier molecular flexibility index (Phi) is 7.71. The maximum absolute atomic E-state index is 13.2. The van der Waals surface area contributed by atoms with Gasteiger partial charge in [0.1, 0.15) is 5.82 Å². The van der Waals surface area contributed by atoms with Gasteiger partial charge in [0.15, 0.2) is 0 Å². The van der Waals surface area contributed by atoms with E-state index in [1.54, 1.807) is 6.07 Å². The van der Waals surface area contributed by atoms with Crippen LogP contribution in [0.1, 0.15) is 44.6 Å². The lowest BCUT2D eigenvalue weighted by atomic mass is 9.79. The Bertz CT molecular complexity index is 372. The van der Waals surface area contributed by atoms with Crippen molar-refractivity contribution in [1.82, 2.24) is 0 Å². The van der Waals surface area contributed by atoms with E-state index in [1.165, 1.54) is 25.3 Å². The molecule has 0 heterocycles. The highest BCUT2D eigenvalue weighted by molar-refractivity contribution is 6.58. The first-order valence-corrected chi connectivity index (χ1v) is 6.86. The lowest BCUT2D eigenvalue weighted by Crippen LogP contribution is -2.30. The molecule has 0 unspecified atom stereocenters. The number of unbranched alkanes of at least 4 members (excludes halogenated alkanes) is 4. The molecule has 0 saturated heterocycles. The molecule has 3 nitrogen and oxygen atoms in total. The first-order chi connectivity index (χ1) is 9.13. The van der Waals surface area contributed by atoms with Gasteiger partial charge in [-0.1, -0.05) is 38.7 Å². The van der Waals surface area contributed by atoms with Gasteiger partial charge in [-0.05, 0) is 29.6 Å². The first-order valence-electron chi connectivity index (χ1n) is 6.86. The molecule has 2 N–H and O–H groups in total. The number of rotatable bonds is 9. The van der Waals surface area contributed by atoms with Crippen LogP contribution in [0.5, 0.6) is 0 Å². The second kappa shape index (κ2) is 9.07. The van der Waals surface area contributed by atoms with Gasteiger partial charge in [-0.2, -0.15) is 0 Å². The number of halogens is 1. The molecular weight excluding hydrogens is 246 g/mol. The van der Waals surface area contributed by atoms with Crippen molar-refractivity contribution in [3.8, 4) is 0 Å². The molecule has 0 aliphatic heterocycles. The molecule has 0 bridgehead atoms. The van der Waals surface area contributed by atoms with E-state index >= 15 is 0 Å². The summed E-state index contributed by atoms with van der Waals surface area (Å²) in [5.74, 6) is -0.479. The fraction of sp³-hybridized carbons (Fsp3) is 0.571. The van der Waals surface area contributed by atoms with Gasteiger partial charge in [0, 0.05) is 6.61 Å². The maximum atomic E-state index is 13.2. The largest absolute Gasteiger partial charge is 0.488 e. The summed E-state index contributed by atoms with van der Waals surface area (Å²) in [6, 6.07) is 4.01. The molecule has 5 heteroatoms. The lowest BCUT2D eigenvalue weighted by molar-refractivity contribution is 0.116. The molecule has 0 saturated carbocycles. The zero-order valence-corrected chi connectivity index (χ0v) is 11.4. The zero-order valence-electron chi connectivity index (χ0n) is 11.4. The third kappa shape index (κ3) is 6.71. The van der Waals surface area contributed by atoms with Crippen LogP contribution in [0.4, 0.5) is 4.39 Å². The number of benzene rings is 1. The number of hydrogen-bond donors (Lipinski definition) is 2. The molecule has 1 aromatic rings. The molecule has 0 aromatic heterocycles. The van der Waals surface area contributed by atoms with Crippen LogP contribution in [-0.4, -0.2) is 23.8 Å². The Labute approximate surface area is 114 Å². The number of ether oxygens (including phenoxy) is 1. The highest BCUT2D eigenvalue weighted by Crippen LogP contribution is 2.06. The van der Waals surface area contributed by atoms with E-state index in [2.05, 4.69) is 6.92 Å². The third-order valence-corrected chi connectivity index (χ3v) is 2.94. The fourth-order valence-electron chi connectivity index (χ4n) is 1.91. The van der Waals surface area contributed by atoms with E-state index in [1.807, 2.05) is 0 Å². The van der Waals surface area contributed by atoms with E-state index in [-0.39, 0.29) is 5.46 Å². The van der Waals surface area contributed by atoms with Crippen molar-refractivity contribution in [2.75, 3.05) is 6.61 Å². The average molecular weight is 268 g/mol. The topological polar surface area (TPSA) is 49.7 Å². The van der Waals surface area contributed by atoms with E-state index in [9.17, 15) is 4.39 Å². The van der Waals surface area contributed by atoms with E-state index < -0.39 is 12.9 Å². The minimum absolute atomic E-state index is 0.154. The Hall–Kier alpha value is -0.905. The minimum Gasteiger partial charge on any atom is -0.423 e. The van der Waals surface area contributed by atoms with Crippen LogP contribution in [0.2, 0.25) is 0 Å². The molecule has 0 aliphatic rings. The van der Waals surface area contributed by atoms with Gasteiger partial charge in [-0.3, -0.25) is 0 Å². The number of hydrogen-bond acceptors (Lipinski definition) is 3. The average Bonchev–Trinajstić information content (AvgIpc) is 2.37. The van der Waals surface area contributed by atoms with Crippen LogP contribution in [-0.2, 0) is 11.3 Å². The van der Waals surface area contributed by atoms with Crippen molar-refractivity contribution in [3.63, 3.8) is 0 Å². The first kappa shape index (κ1) is 16.2. The van der Waals surface area contributed by atoms with Crippen LogP contribution >= 0.6 is 0 Å². The van der Waals surface area contributed by atoms with Gasteiger partial charge >= 0.3 is 7.12 Å². The molecule has 1 aromatic carbocycles. The summed E-state index contributed by atoms with van der Waals surface area (Å²) in [5, 5.41) is 18.0.